The first-order valence-electron chi connectivity index (χ1n) is 12.1. The SMILES string of the molecule is COCCN(Cc1nn(-c2ccccc2)c2c1CCC2)c1c(N)n(Cc2ccccc2)c(=O)[nH]c1=O. The minimum Gasteiger partial charge on any atom is -0.383 e. The van der Waals surface area contributed by atoms with Crippen molar-refractivity contribution in [2.24, 2.45) is 0 Å². The molecule has 9 nitrogen and oxygen atoms in total. The maximum Gasteiger partial charge on any atom is 0.330 e. The van der Waals surface area contributed by atoms with Gasteiger partial charge in [0, 0.05) is 19.3 Å². The molecule has 5 rings (SSSR count). The number of ether oxygens (including phenoxy) is 1. The molecule has 1 aliphatic rings. The van der Waals surface area contributed by atoms with Crippen molar-refractivity contribution in [3.8, 4) is 5.69 Å². The summed E-state index contributed by atoms with van der Waals surface area (Å²) in [6.45, 7) is 1.44. The number of H-pyrrole nitrogens is 1. The molecule has 1 aliphatic carbocycles. The highest BCUT2D eigenvalue weighted by atomic mass is 16.5. The summed E-state index contributed by atoms with van der Waals surface area (Å²) in [5, 5.41) is 4.96. The lowest BCUT2D eigenvalue weighted by Gasteiger charge is -2.25. The number of aromatic amines is 1. The van der Waals surface area contributed by atoms with Crippen molar-refractivity contribution in [2.75, 3.05) is 30.9 Å². The molecule has 36 heavy (non-hydrogen) atoms. The molecule has 0 bridgehead atoms. The van der Waals surface area contributed by atoms with Crippen molar-refractivity contribution in [1.82, 2.24) is 19.3 Å². The minimum absolute atomic E-state index is 0.128. The standard InChI is InChI=1S/C27H30N6O3/c1-36-16-15-31(18-22-21-13-8-14-23(21)33(30-22)20-11-6-3-7-12-20)24-25(28)32(27(35)29-26(24)34)17-19-9-4-2-5-10-19/h2-7,9-12H,8,13-18,28H2,1H3,(H,29,34,35). The maximum atomic E-state index is 13.1. The Hall–Kier alpha value is -4.11. The van der Waals surface area contributed by atoms with E-state index in [-0.39, 0.29) is 18.1 Å². The Labute approximate surface area is 208 Å². The Morgan fingerprint density at radius 1 is 1.06 bits per heavy atom. The molecule has 0 aliphatic heterocycles. The van der Waals surface area contributed by atoms with E-state index < -0.39 is 11.2 Å². The van der Waals surface area contributed by atoms with Gasteiger partial charge in [0.15, 0.2) is 0 Å². The molecule has 2 aromatic heterocycles. The molecular formula is C27H30N6O3. The Kier molecular flexibility index (Phi) is 6.73. The van der Waals surface area contributed by atoms with Crippen LogP contribution < -0.4 is 21.9 Å². The van der Waals surface area contributed by atoms with Gasteiger partial charge >= 0.3 is 5.69 Å². The highest BCUT2D eigenvalue weighted by molar-refractivity contribution is 5.63. The fraction of sp³-hybridized carbons (Fsp3) is 0.296. The fourth-order valence-electron chi connectivity index (χ4n) is 4.88. The number of nitrogen functional groups attached to an aromatic ring is 1. The number of methoxy groups -OCH3 is 1. The van der Waals surface area contributed by atoms with Crippen LogP contribution in [0.5, 0.6) is 0 Å². The maximum absolute atomic E-state index is 13.1. The van der Waals surface area contributed by atoms with Crippen LogP contribution in [0.4, 0.5) is 11.5 Å². The van der Waals surface area contributed by atoms with E-state index in [2.05, 4.69) is 4.98 Å². The number of rotatable bonds is 9. The molecule has 0 unspecified atom stereocenters. The molecule has 0 fully saturated rings. The highest BCUT2D eigenvalue weighted by Crippen LogP contribution is 2.30. The molecule has 186 valence electrons. The molecule has 2 aromatic carbocycles. The van der Waals surface area contributed by atoms with Crippen molar-refractivity contribution >= 4 is 11.5 Å². The van der Waals surface area contributed by atoms with E-state index in [0.29, 0.717) is 19.7 Å². The van der Waals surface area contributed by atoms with E-state index in [4.69, 9.17) is 15.6 Å². The van der Waals surface area contributed by atoms with E-state index in [1.807, 2.05) is 70.2 Å². The quantitative estimate of drug-likeness (QED) is 0.376. The van der Waals surface area contributed by atoms with Crippen LogP contribution in [-0.2, 0) is 30.7 Å². The van der Waals surface area contributed by atoms with Crippen molar-refractivity contribution in [2.45, 2.75) is 32.4 Å². The second-order valence-corrected chi connectivity index (χ2v) is 8.95. The van der Waals surface area contributed by atoms with Gasteiger partial charge in [0.2, 0.25) is 0 Å². The number of fused-ring (bicyclic) bond motifs is 1. The average molecular weight is 487 g/mol. The molecule has 9 heteroatoms. The Bertz CT molecular complexity index is 1460. The van der Waals surface area contributed by atoms with Gasteiger partial charge < -0.3 is 15.4 Å². The van der Waals surface area contributed by atoms with Crippen LogP contribution in [-0.4, -0.2) is 39.6 Å². The Balaban J connectivity index is 1.55. The minimum atomic E-state index is -0.536. The number of anilines is 2. The number of nitrogens with zero attached hydrogens (tertiary/aromatic N) is 4. The summed E-state index contributed by atoms with van der Waals surface area (Å²) < 4.78 is 8.75. The van der Waals surface area contributed by atoms with Crippen LogP contribution in [0.15, 0.2) is 70.3 Å². The molecule has 0 radical (unpaired) electrons. The summed E-state index contributed by atoms with van der Waals surface area (Å²) in [5.74, 6) is 0.128. The monoisotopic (exact) mass is 486 g/mol. The lowest BCUT2D eigenvalue weighted by atomic mass is 10.2. The van der Waals surface area contributed by atoms with Gasteiger partial charge in [-0.05, 0) is 42.5 Å². The van der Waals surface area contributed by atoms with E-state index in [1.165, 1.54) is 15.8 Å². The third-order valence-corrected chi connectivity index (χ3v) is 6.63. The zero-order valence-corrected chi connectivity index (χ0v) is 20.3. The van der Waals surface area contributed by atoms with Gasteiger partial charge in [0.25, 0.3) is 5.56 Å². The van der Waals surface area contributed by atoms with Gasteiger partial charge in [-0.15, -0.1) is 0 Å². The molecule has 2 heterocycles. The molecule has 4 aromatic rings. The largest absolute Gasteiger partial charge is 0.383 e. The van der Waals surface area contributed by atoms with Crippen LogP contribution >= 0.6 is 0 Å². The van der Waals surface area contributed by atoms with Gasteiger partial charge in [-0.2, -0.15) is 5.10 Å². The van der Waals surface area contributed by atoms with Gasteiger partial charge in [0.05, 0.1) is 31.1 Å². The van der Waals surface area contributed by atoms with E-state index in [9.17, 15) is 9.59 Å². The number of para-hydroxylation sites is 1. The number of hydrogen-bond donors (Lipinski definition) is 2. The van der Waals surface area contributed by atoms with Crippen LogP contribution in [0.25, 0.3) is 5.69 Å². The normalized spacial score (nSPS) is 12.6. The first kappa shape index (κ1) is 23.6. The van der Waals surface area contributed by atoms with Gasteiger partial charge in [-0.3, -0.25) is 14.3 Å². The molecular weight excluding hydrogens is 456 g/mol. The first-order valence-corrected chi connectivity index (χ1v) is 12.1. The molecule has 0 saturated heterocycles. The summed E-state index contributed by atoms with van der Waals surface area (Å²) in [6.07, 6.45) is 2.96. The summed E-state index contributed by atoms with van der Waals surface area (Å²) >= 11 is 0. The number of benzene rings is 2. The topological polar surface area (TPSA) is 111 Å². The third kappa shape index (κ3) is 4.57. The number of hydrogen-bond acceptors (Lipinski definition) is 6. The lowest BCUT2D eigenvalue weighted by Crippen LogP contribution is -2.39. The zero-order valence-electron chi connectivity index (χ0n) is 20.3. The summed E-state index contributed by atoms with van der Waals surface area (Å²) in [6, 6.07) is 19.6. The van der Waals surface area contributed by atoms with Crippen LogP contribution in [0.2, 0.25) is 0 Å². The predicted octanol–water partition coefficient (Wildman–Crippen LogP) is 2.49. The highest BCUT2D eigenvalue weighted by Gasteiger charge is 2.26. The van der Waals surface area contributed by atoms with Crippen LogP contribution in [0.1, 0.15) is 28.9 Å². The van der Waals surface area contributed by atoms with E-state index >= 15 is 0 Å². The fourth-order valence-corrected chi connectivity index (χ4v) is 4.88. The van der Waals surface area contributed by atoms with Crippen molar-refractivity contribution in [3.05, 3.63) is 104 Å². The molecule has 0 saturated carbocycles. The number of nitrogens with two attached hydrogens (primary N) is 1. The molecule has 3 N–H and O–H groups in total. The zero-order chi connectivity index (χ0) is 25.1. The summed E-state index contributed by atoms with van der Waals surface area (Å²) in [5.41, 5.74) is 11.0. The van der Waals surface area contributed by atoms with Gasteiger partial charge in [-0.1, -0.05) is 48.5 Å². The number of aromatic nitrogens is 4. The summed E-state index contributed by atoms with van der Waals surface area (Å²) in [4.78, 5) is 30.1. The van der Waals surface area contributed by atoms with Crippen molar-refractivity contribution < 1.29 is 4.74 Å². The molecule has 0 spiro atoms. The second kappa shape index (κ2) is 10.2. The van der Waals surface area contributed by atoms with Gasteiger partial charge in [-0.25, -0.2) is 9.48 Å². The van der Waals surface area contributed by atoms with Crippen molar-refractivity contribution in [3.63, 3.8) is 0 Å². The van der Waals surface area contributed by atoms with E-state index in [0.717, 1.165) is 36.2 Å². The summed E-state index contributed by atoms with van der Waals surface area (Å²) in [7, 11) is 1.62. The smallest absolute Gasteiger partial charge is 0.330 e. The van der Waals surface area contributed by atoms with Crippen LogP contribution in [0.3, 0.4) is 0 Å². The van der Waals surface area contributed by atoms with Crippen molar-refractivity contribution in [1.29, 1.82) is 0 Å². The average Bonchev–Trinajstić information content (AvgIpc) is 3.50. The predicted molar refractivity (Wildman–Crippen MR) is 140 cm³/mol. The van der Waals surface area contributed by atoms with Gasteiger partial charge in [0.1, 0.15) is 11.5 Å². The van der Waals surface area contributed by atoms with E-state index in [1.54, 1.807) is 7.11 Å². The Morgan fingerprint density at radius 3 is 2.50 bits per heavy atom. The third-order valence-electron chi connectivity index (χ3n) is 6.63. The van der Waals surface area contributed by atoms with Crippen LogP contribution in [0, 0.1) is 0 Å². The lowest BCUT2D eigenvalue weighted by molar-refractivity contribution is 0.205. The first-order chi connectivity index (χ1) is 17.6. The Morgan fingerprint density at radius 2 is 1.78 bits per heavy atom. The second-order valence-electron chi connectivity index (χ2n) is 8.95. The number of nitrogens with one attached hydrogen (secondary N) is 1. The molecule has 0 atom stereocenters. The molecule has 0 amide bonds.